The van der Waals surface area contributed by atoms with E-state index in [1.165, 1.54) is 0 Å². The average molecular weight is 283 g/mol. The molecule has 2 atom stereocenters. The minimum absolute atomic E-state index is 0.558. The quantitative estimate of drug-likeness (QED) is 0.860. The molecule has 21 heavy (non-hydrogen) atoms. The lowest BCUT2D eigenvalue weighted by atomic mass is 10.1. The van der Waals surface area contributed by atoms with E-state index in [1.807, 2.05) is 12.1 Å². The Balaban J connectivity index is 2.02. The van der Waals surface area contributed by atoms with Crippen molar-refractivity contribution in [2.75, 3.05) is 0 Å². The van der Waals surface area contributed by atoms with Crippen molar-refractivity contribution in [3.05, 3.63) is 71.8 Å². The summed E-state index contributed by atoms with van der Waals surface area (Å²) >= 11 is 0. The van der Waals surface area contributed by atoms with Gasteiger partial charge >= 0.3 is 12.1 Å². The van der Waals surface area contributed by atoms with Gasteiger partial charge in [-0.15, -0.1) is 0 Å². The Morgan fingerprint density at radius 2 is 1.48 bits per heavy atom. The van der Waals surface area contributed by atoms with E-state index in [0.717, 1.165) is 4.90 Å². The third kappa shape index (κ3) is 2.33. The molecule has 1 amide bonds. The van der Waals surface area contributed by atoms with Crippen LogP contribution in [-0.2, 0) is 9.53 Å². The number of amides is 1. The van der Waals surface area contributed by atoms with E-state index in [4.69, 9.17) is 4.74 Å². The number of carboxylic acid groups (broad SMARTS) is 1. The maximum absolute atomic E-state index is 12.1. The molecular formula is C16H13NO4. The lowest BCUT2D eigenvalue weighted by Crippen LogP contribution is -2.32. The molecular weight excluding hydrogens is 270 g/mol. The molecule has 0 aliphatic carbocycles. The monoisotopic (exact) mass is 283 g/mol. The first-order valence-electron chi connectivity index (χ1n) is 6.50. The second-order valence-corrected chi connectivity index (χ2v) is 4.70. The highest BCUT2D eigenvalue weighted by atomic mass is 16.6. The van der Waals surface area contributed by atoms with Gasteiger partial charge in [0.2, 0.25) is 6.23 Å². The van der Waals surface area contributed by atoms with Crippen LogP contribution in [0.15, 0.2) is 60.7 Å². The van der Waals surface area contributed by atoms with Gasteiger partial charge in [0.1, 0.15) is 0 Å². The Kier molecular flexibility index (Phi) is 3.31. The molecule has 5 heteroatoms. The van der Waals surface area contributed by atoms with E-state index < -0.39 is 24.3 Å². The summed E-state index contributed by atoms with van der Waals surface area (Å²) in [5.41, 5.74) is 1.23. The molecule has 0 unspecified atom stereocenters. The number of rotatable bonds is 2. The molecule has 1 heterocycles. The van der Waals surface area contributed by atoms with Crippen molar-refractivity contribution in [1.82, 2.24) is 4.90 Å². The number of esters is 1. The van der Waals surface area contributed by atoms with Crippen molar-refractivity contribution in [2.45, 2.75) is 12.3 Å². The second kappa shape index (κ2) is 5.28. The first-order chi connectivity index (χ1) is 10.2. The van der Waals surface area contributed by atoms with Crippen LogP contribution in [0.5, 0.6) is 0 Å². The zero-order chi connectivity index (χ0) is 14.8. The molecule has 2 aromatic carbocycles. The SMILES string of the molecule is O=C1O[C@@H](c2ccccc2)N(C(=O)O)[C@H]1c1ccccc1. The molecule has 1 fully saturated rings. The Bertz CT molecular complexity index is 656. The van der Waals surface area contributed by atoms with Gasteiger partial charge in [-0.2, -0.15) is 0 Å². The molecule has 0 radical (unpaired) electrons. The molecule has 0 spiro atoms. The standard InChI is InChI=1S/C16H13NO4/c18-15-13(11-7-3-1-4-8-11)17(16(19)20)14(21-15)12-9-5-2-6-10-12/h1-10,13-14H,(H,19,20)/t13-,14-/m0/s1. The number of hydrogen-bond acceptors (Lipinski definition) is 3. The Morgan fingerprint density at radius 1 is 0.952 bits per heavy atom. The number of hydrogen-bond donors (Lipinski definition) is 1. The lowest BCUT2D eigenvalue weighted by molar-refractivity contribution is -0.143. The van der Waals surface area contributed by atoms with Gasteiger partial charge < -0.3 is 9.84 Å². The van der Waals surface area contributed by atoms with Crippen LogP contribution in [-0.4, -0.2) is 22.1 Å². The minimum atomic E-state index is -1.19. The van der Waals surface area contributed by atoms with Gasteiger partial charge in [-0.05, 0) is 5.56 Å². The van der Waals surface area contributed by atoms with Gasteiger partial charge in [-0.3, -0.25) is 0 Å². The summed E-state index contributed by atoms with van der Waals surface area (Å²) < 4.78 is 5.29. The maximum Gasteiger partial charge on any atom is 0.411 e. The number of carbonyl (C=O) groups excluding carboxylic acids is 1. The summed E-state index contributed by atoms with van der Waals surface area (Å²) in [6.07, 6.45) is -2.11. The molecule has 1 aliphatic heterocycles. The van der Waals surface area contributed by atoms with Crippen LogP contribution in [0, 0.1) is 0 Å². The first kappa shape index (κ1) is 13.2. The van der Waals surface area contributed by atoms with E-state index in [1.54, 1.807) is 48.5 Å². The fraction of sp³-hybridized carbons (Fsp3) is 0.125. The fourth-order valence-corrected chi connectivity index (χ4v) is 2.47. The molecule has 0 bridgehead atoms. The maximum atomic E-state index is 12.1. The summed E-state index contributed by atoms with van der Waals surface area (Å²) in [5, 5.41) is 9.49. The predicted octanol–water partition coefficient (Wildman–Crippen LogP) is 2.96. The summed E-state index contributed by atoms with van der Waals surface area (Å²) in [6.45, 7) is 0. The second-order valence-electron chi connectivity index (χ2n) is 4.70. The van der Waals surface area contributed by atoms with E-state index in [2.05, 4.69) is 0 Å². The molecule has 2 aromatic rings. The van der Waals surface area contributed by atoms with Crippen LogP contribution in [0.2, 0.25) is 0 Å². The predicted molar refractivity (Wildman–Crippen MR) is 74.3 cm³/mol. The van der Waals surface area contributed by atoms with Gasteiger partial charge in [0, 0.05) is 5.56 Å². The molecule has 106 valence electrons. The summed E-state index contributed by atoms with van der Waals surface area (Å²) in [5.74, 6) is -0.558. The number of benzene rings is 2. The van der Waals surface area contributed by atoms with Gasteiger partial charge in [-0.1, -0.05) is 60.7 Å². The summed E-state index contributed by atoms with van der Waals surface area (Å²) in [7, 11) is 0. The smallest absolute Gasteiger partial charge is 0.411 e. The van der Waals surface area contributed by atoms with Crippen LogP contribution < -0.4 is 0 Å². The van der Waals surface area contributed by atoms with E-state index in [0.29, 0.717) is 11.1 Å². The number of ether oxygens (including phenoxy) is 1. The minimum Gasteiger partial charge on any atom is -0.465 e. The van der Waals surface area contributed by atoms with Crippen molar-refractivity contribution in [3.63, 3.8) is 0 Å². The zero-order valence-corrected chi connectivity index (χ0v) is 11.0. The Labute approximate surface area is 121 Å². The van der Waals surface area contributed by atoms with Crippen LogP contribution in [0.4, 0.5) is 4.79 Å². The topological polar surface area (TPSA) is 66.8 Å². The van der Waals surface area contributed by atoms with Crippen molar-refractivity contribution in [3.8, 4) is 0 Å². The molecule has 0 aromatic heterocycles. The fourth-order valence-electron chi connectivity index (χ4n) is 2.47. The van der Waals surface area contributed by atoms with Crippen LogP contribution in [0.3, 0.4) is 0 Å². The number of cyclic esters (lactones) is 1. The number of carbonyl (C=O) groups is 2. The highest BCUT2D eigenvalue weighted by Gasteiger charge is 2.46. The number of nitrogens with zero attached hydrogens (tertiary/aromatic N) is 1. The first-order valence-corrected chi connectivity index (χ1v) is 6.50. The highest BCUT2D eigenvalue weighted by Crippen LogP contribution is 2.39. The molecule has 3 rings (SSSR count). The van der Waals surface area contributed by atoms with E-state index in [9.17, 15) is 14.7 Å². The van der Waals surface area contributed by atoms with E-state index in [-0.39, 0.29) is 0 Å². The lowest BCUT2D eigenvalue weighted by Gasteiger charge is -2.23. The van der Waals surface area contributed by atoms with Crippen molar-refractivity contribution >= 4 is 12.1 Å². The van der Waals surface area contributed by atoms with Crippen LogP contribution >= 0.6 is 0 Å². The van der Waals surface area contributed by atoms with Gasteiger partial charge in [0.25, 0.3) is 0 Å². The zero-order valence-electron chi connectivity index (χ0n) is 11.0. The van der Waals surface area contributed by atoms with Crippen molar-refractivity contribution in [1.29, 1.82) is 0 Å². The van der Waals surface area contributed by atoms with Crippen LogP contribution in [0.1, 0.15) is 23.4 Å². The molecule has 5 nitrogen and oxygen atoms in total. The third-order valence-electron chi connectivity index (χ3n) is 3.40. The van der Waals surface area contributed by atoms with Crippen molar-refractivity contribution in [2.24, 2.45) is 0 Å². The van der Waals surface area contributed by atoms with Gasteiger partial charge in [0.15, 0.2) is 6.04 Å². The summed E-state index contributed by atoms with van der Waals surface area (Å²) in [6, 6.07) is 16.7. The van der Waals surface area contributed by atoms with Crippen molar-refractivity contribution < 1.29 is 19.4 Å². The van der Waals surface area contributed by atoms with Gasteiger partial charge in [-0.25, -0.2) is 14.5 Å². The van der Waals surface area contributed by atoms with E-state index >= 15 is 0 Å². The highest BCUT2D eigenvalue weighted by molar-refractivity contribution is 5.85. The Morgan fingerprint density at radius 3 is 2.00 bits per heavy atom. The Hall–Kier alpha value is -2.82. The normalized spacial score (nSPS) is 21.1. The van der Waals surface area contributed by atoms with Gasteiger partial charge in [0.05, 0.1) is 0 Å². The largest absolute Gasteiger partial charge is 0.465 e. The third-order valence-corrected chi connectivity index (χ3v) is 3.40. The molecule has 1 aliphatic rings. The van der Waals surface area contributed by atoms with Crippen LogP contribution in [0.25, 0.3) is 0 Å². The summed E-state index contributed by atoms with van der Waals surface area (Å²) in [4.78, 5) is 24.8. The average Bonchev–Trinajstić information content (AvgIpc) is 2.87. The molecule has 0 saturated carbocycles. The molecule has 1 saturated heterocycles. The molecule has 1 N–H and O–H groups in total.